The fourth-order valence-electron chi connectivity index (χ4n) is 4.16. The minimum atomic E-state index is -0.436. The van der Waals surface area contributed by atoms with Crippen LogP contribution in [0.15, 0.2) is 24.4 Å². The van der Waals surface area contributed by atoms with E-state index in [1.807, 2.05) is 40.6 Å². The third kappa shape index (κ3) is 2.93. The summed E-state index contributed by atoms with van der Waals surface area (Å²) in [6.45, 7) is 3.95. The first-order valence-corrected chi connectivity index (χ1v) is 9.11. The zero-order valence-corrected chi connectivity index (χ0v) is 14.6. The lowest BCUT2D eigenvalue weighted by atomic mass is 9.82. The van der Waals surface area contributed by atoms with Crippen molar-refractivity contribution in [2.24, 2.45) is 0 Å². The molecule has 6 nitrogen and oxygen atoms in total. The number of ether oxygens (including phenoxy) is 1. The first-order valence-electron chi connectivity index (χ1n) is 9.11. The first kappa shape index (κ1) is 16.5. The molecule has 0 radical (unpaired) electrons. The summed E-state index contributed by atoms with van der Waals surface area (Å²) in [5.74, 6) is 0.119. The molecule has 0 bridgehead atoms. The number of nitrogens with zero attached hydrogens (tertiary/aromatic N) is 3. The predicted octanol–water partition coefficient (Wildman–Crippen LogP) is 1.72. The maximum Gasteiger partial charge on any atom is 0.228 e. The van der Waals surface area contributed by atoms with Crippen LogP contribution in [-0.4, -0.2) is 56.7 Å². The molecule has 0 aliphatic carbocycles. The zero-order chi connectivity index (χ0) is 17.4. The molecule has 1 spiro atoms. The molecule has 134 valence electrons. The molecule has 4 heterocycles. The average Bonchev–Trinajstić information content (AvgIpc) is 2.94. The van der Waals surface area contributed by atoms with Gasteiger partial charge in [-0.3, -0.25) is 4.79 Å². The molecule has 0 unspecified atom stereocenters. The quantitative estimate of drug-likeness (QED) is 0.902. The van der Waals surface area contributed by atoms with Crippen LogP contribution < -0.4 is 0 Å². The lowest BCUT2D eigenvalue weighted by molar-refractivity contribution is -0.179. The zero-order valence-electron chi connectivity index (χ0n) is 14.6. The molecule has 25 heavy (non-hydrogen) atoms. The Morgan fingerprint density at radius 3 is 2.96 bits per heavy atom. The van der Waals surface area contributed by atoms with Crippen molar-refractivity contribution in [3.8, 4) is 0 Å². The first-order chi connectivity index (χ1) is 12.1. The van der Waals surface area contributed by atoms with E-state index in [1.54, 1.807) is 0 Å². The van der Waals surface area contributed by atoms with Gasteiger partial charge in [-0.15, -0.1) is 0 Å². The van der Waals surface area contributed by atoms with Gasteiger partial charge in [-0.1, -0.05) is 6.07 Å². The molecule has 2 aromatic heterocycles. The van der Waals surface area contributed by atoms with Crippen LogP contribution in [0.1, 0.15) is 37.1 Å². The fourth-order valence-corrected chi connectivity index (χ4v) is 4.16. The van der Waals surface area contributed by atoms with Gasteiger partial charge >= 0.3 is 0 Å². The van der Waals surface area contributed by atoms with Gasteiger partial charge in [0.25, 0.3) is 0 Å². The average molecular weight is 343 g/mol. The van der Waals surface area contributed by atoms with E-state index in [4.69, 9.17) is 4.74 Å². The fraction of sp³-hybridized carbons (Fsp3) is 0.579. The van der Waals surface area contributed by atoms with E-state index in [0.717, 1.165) is 29.9 Å². The van der Waals surface area contributed by atoms with Gasteiger partial charge in [-0.25, -0.2) is 4.98 Å². The number of likely N-dealkylation sites (tertiary alicyclic amines) is 1. The van der Waals surface area contributed by atoms with Gasteiger partial charge in [0, 0.05) is 25.9 Å². The standard InChI is InChI=1S/C19H25N3O3/c1-14-15(22-9-3-2-6-17(22)20-14)13-18(24)21-10-7-19(8-11-21)16(23)5-4-12-25-19/h2-3,6,9,16,23H,4-5,7-8,10-13H2,1H3/t16-/m0/s1. The van der Waals surface area contributed by atoms with Gasteiger partial charge < -0.3 is 19.1 Å². The maximum atomic E-state index is 12.8. The van der Waals surface area contributed by atoms with Crippen molar-refractivity contribution < 1.29 is 14.6 Å². The van der Waals surface area contributed by atoms with Crippen LogP contribution in [0.2, 0.25) is 0 Å². The highest BCUT2D eigenvalue weighted by molar-refractivity contribution is 5.79. The number of rotatable bonds is 2. The van der Waals surface area contributed by atoms with E-state index in [2.05, 4.69) is 4.98 Å². The van der Waals surface area contributed by atoms with Crippen molar-refractivity contribution in [1.29, 1.82) is 0 Å². The minimum absolute atomic E-state index is 0.119. The highest BCUT2D eigenvalue weighted by Crippen LogP contribution is 2.35. The van der Waals surface area contributed by atoms with Crippen LogP contribution >= 0.6 is 0 Å². The van der Waals surface area contributed by atoms with Gasteiger partial charge in [-0.2, -0.15) is 0 Å². The molecule has 1 amide bonds. The SMILES string of the molecule is Cc1nc2ccccn2c1CC(=O)N1CCC2(CC1)OCCC[C@@H]2O. The van der Waals surface area contributed by atoms with Gasteiger partial charge in [0.15, 0.2) is 0 Å². The van der Waals surface area contributed by atoms with Gasteiger partial charge in [0.1, 0.15) is 5.65 Å². The van der Waals surface area contributed by atoms with Crippen LogP contribution in [0.4, 0.5) is 0 Å². The normalized spacial score (nSPS) is 23.3. The number of pyridine rings is 1. The van der Waals surface area contributed by atoms with Crippen LogP contribution in [0.3, 0.4) is 0 Å². The summed E-state index contributed by atoms with van der Waals surface area (Å²) in [5, 5.41) is 10.3. The number of aromatic nitrogens is 2. The lowest BCUT2D eigenvalue weighted by Gasteiger charge is -2.46. The van der Waals surface area contributed by atoms with Crippen molar-refractivity contribution in [3.05, 3.63) is 35.8 Å². The van der Waals surface area contributed by atoms with Gasteiger partial charge in [0.2, 0.25) is 5.91 Å². The molecule has 6 heteroatoms. The van der Waals surface area contributed by atoms with E-state index >= 15 is 0 Å². The van der Waals surface area contributed by atoms with E-state index in [0.29, 0.717) is 39.0 Å². The third-order valence-electron chi connectivity index (χ3n) is 5.73. The summed E-state index contributed by atoms with van der Waals surface area (Å²) in [4.78, 5) is 19.2. The summed E-state index contributed by atoms with van der Waals surface area (Å²) in [6.07, 6.45) is 5.05. The molecule has 2 fully saturated rings. The molecule has 2 aliphatic rings. The van der Waals surface area contributed by atoms with Gasteiger partial charge in [0.05, 0.1) is 29.5 Å². The van der Waals surface area contributed by atoms with Crippen molar-refractivity contribution in [3.63, 3.8) is 0 Å². The van der Waals surface area contributed by atoms with E-state index < -0.39 is 11.7 Å². The highest BCUT2D eigenvalue weighted by atomic mass is 16.5. The molecule has 0 aromatic carbocycles. The smallest absolute Gasteiger partial charge is 0.228 e. The lowest BCUT2D eigenvalue weighted by Crippen LogP contribution is -2.56. The van der Waals surface area contributed by atoms with E-state index in [-0.39, 0.29) is 5.91 Å². The highest BCUT2D eigenvalue weighted by Gasteiger charge is 2.44. The van der Waals surface area contributed by atoms with Crippen LogP contribution in [0, 0.1) is 6.92 Å². The Morgan fingerprint density at radius 2 is 2.20 bits per heavy atom. The van der Waals surface area contributed by atoms with Crippen molar-refractivity contribution >= 4 is 11.6 Å². The Hall–Kier alpha value is -1.92. The summed E-state index contributed by atoms with van der Waals surface area (Å²) < 4.78 is 7.92. The topological polar surface area (TPSA) is 67.1 Å². The molecular formula is C19H25N3O3. The summed E-state index contributed by atoms with van der Waals surface area (Å²) in [5.41, 5.74) is 2.29. The molecule has 2 aromatic rings. The Bertz CT molecular complexity index is 777. The van der Waals surface area contributed by atoms with Crippen LogP contribution in [0.25, 0.3) is 5.65 Å². The number of carbonyl (C=O) groups is 1. The number of hydrogen-bond acceptors (Lipinski definition) is 4. The second-order valence-corrected chi connectivity index (χ2v) is 7.20. The third-order valence-corrected chi connectivity index (χ3v) is 5.73. The summed E-state index contributed by atoms with van der Waals surface area (Å²) >= 11 is 0. The number of aliphatic hydroxyl groups excluding tert-OH is 1. The predicted molar refractivity (Wildman–Crippen MR) is 93.4 cm³/mol. The number of fused-ring (bicyclic) bond motifs is 1. The maximum absolute atomic E-state index is 12.8. The summed E-state index contributed by atoms with van der Waals surface area (Å²) in [6, 6.07) is 5.86. The van der Waals surface area contributed by atoms with Crippen molar-refractivity contribution in [2.45, 2.75) is 50.7 Å². The molecule has 1 N–H and O–H groups in total. The Balaban J connectivity index is 1.45. The number of imidazole rings is 1. The molecular weight excluding hydrogens is 318 g/mol. The number of aliphatic hydroxyl groups is 1. The monoisotopic (exact) mass is 343 g/mol. The molecule has 1 atom stereocenters. The largest absolute Gasteiger partial charge is 0.390 e. The number of hydrogen-bond donors (Lipinski definition) is 1. The van der Waals surface area contributed by atoms with Crippen LogP contribution in [-0.2, 0) is 16.0 Å². The van der Waals surface area contributed by atoms with Crippen LogP contribution in [0.5, 0.6) is 0 Å². The van der Waals surface area contributed by atoms with E-state index in [1.165, 1.54) is 0 Å². The van der Waals surface area contributed by atoms with E-state index in [9.17, 15) is 9.90 Å². The number of piperidine rings is 1. The second-order valence-electron chi connectivity index (χ2n) is 7.20. The summed E-state index contributed by atoms with van der Waals surface area (Å²) in [7, 11) is 0. The molecule has 0 saturated carbocycles. The minimum Gasteiger partial charge on any atom is -0.390 e. The molecule has 2 aliphatic heterocycles. The van der Waals surface area contributed by atoms with Gasteiger partial charge in [-0.05, 0) is 44.7 Å². The molecule has 4 rings (SSSR count). The Kier molecular flexibility index (Phi) is 4.25. The Labute approximate surface area is 147 Å². The Morgan fingerprint density at radius 1 is 1.40 bits per heavy atom. The van der Waals surface area contributed by atoms with Crippen molar-refractivity contribution in [1.82, 2.24) is 14.3 Å². The molecule has 2 saturated heterocycles. The number of aryl methyl sites for hydroxylation is 1. The van der Waals surface area contributed by atoms with Crippen molar-refractivity contribution in [2.75, 3.05) is 19.7 Å². The number of carbonyl (C=O) groups excluding carboxylic acids is 1. The number of amides is 1. The second kappa shape index (κ2) is 6.42.